The van der Waals surface area contributed by atoms with Crippen molar-refractivity contribution in [2.24, 2.45) is 0 Å². The van der Waals surface area contributed by atoms with Crippen LogP contribution in [0.15, 0.2) is 72.6 Å². The van der Waals surface area contributed by atoms with Crippen LogP contribution in [-0.4, -0.2) is 40.4 Å². The van der Waals surface area contributed by atoms with Crippen LogP contribution in [0.3, 0.4) is 0 Å². The third-order valence-corrected chi connectivity index (χ3v) is 5.93. The average Bonchev–Trinajstić information content (AvgIpc) is 3.10. The second-order valence-electron chi connectivity index (χ2n) is 7.59. The molecule has 0 radical (unpaired) electrons. The van der Waals surface area contributed by atoms with E-state index in [9.17, 15) is 14.7 Å². The van der Waals surface area contributed by atoms with Gasteiger partial charge in [-0.3, -0.25) is 14.6 Å². The number of methoxy groups -OCH3 is 1. The molecule has 4 rings (SSSR count). The van der Waals surface area contributed by atoms with E-state index >= 15 is 0 Å². The molecule has 1 aromatic heterocycles. The summed E-state index contributed by atoms with van der Waals surface area (Å²) < 4.78 is 11.0. The van der Waals surface area contributed by atoms with Crippen LogP contribution in [0, 0.1) is 0 Å². The number of aliphatic hydroxyl groups excluding tert-OH is 1. The summed E-state index contributed by atoms with van der Waals surface area (Å²) in [7, 11) is 1.54. The molecule has 0 saturated carbocycles. The fraction of sp³-hybridized carbons (Fsp3) is 0.192. The highest BCUT2D eigenvalue weighted by Gasteiger charge is 2.46. The molecule has 174 valence electrons. The Bertz CT molecular complexity index is 1260. The van der Waals surface area contributed by atoms with Crippen molar-refractivity contribution >= 4 is 29.1 Å². The fourth-order valence-electron chi connectivity index (χ4n) is 4.04. The second-order valence-corrected chi connectivity index (χ2v) is 8.00. The molecule has 1 fully saturated rings. The first-order valence-electron chi connectivity index (χ1n) is 10.7. The molecule has 7 nitrogen and oxygen atoms in total. The summed E-state index contributed by atoms with van der Waals surface area (Å²) in [6.07, 6.45) is 3.14. The smallest absolute Gasteiger partial charge is 0.295 e. The highest BCUT2D eigenvalue weighted by atomic mass is 35.5. The maximum absolute atomic E-state index is 13.3. The molecular formula is C26H23ClN2O5. The predicted octanol–water partition coefficient (Wildman–Crippen LogP) is 4.76. The van der Waals surface area contributed by atoms with Gasteiger partial charge in [-0.25, -0.2) is 0 Å². The van der Waals surface area contributed by atoms with Gasteiger partial charge in [-0.2, -0.15) is 0 Å². The first-order chi connectivity index (χ1) is 16.5. The number of nitrogens with zero attached hydrogens (tertiary/aromatic N) is 2. The highest BCUT2D eigenvalue weighted by molar-refractivity contribution is 6.47. The number of benzene rings is 2. The molecule has 1 saturated heterocycles. The Labute approximate surface area is 202 Å². The Morgan fingerprint density at radius 3 is 2.56 bits per heavy atom. The van der Waals surface area contributed by atoms with Crippen LogP contribution in [0.1, 0.15) is 29.7 Å². The number of halogens is 1. The largest absolute Gasteiger partial charge is 0.507 e. The van der Waals surface area contributed by atoms with Crippen molar-refractivity contribution in [3.63, 3.8) is 0 Å². The number of likely N-dealkylation sites (tertiary alicyclic amines) is 1. The van der Waals surface area contributed by atoms with Crippen LogP contribution in [0.4, 0.5) is 0 Å². The number of carbonyl (C=O) groups is 2. The lowest BCUT2D eigenvalue weighted by Gasteiger charge is -2.26. The van der Waals surface area contributed by atoms with Crippen molar-refractivity contribution in [2.45, 2.75) is 19.5 Å². The van der Waals surface area contributed by atoms with Gasteiger partial charge in [0.2, 0.25) is 0 Å². The number of hydrogen-bond donors (Lipinski definition) is 1. The lowest BCUT2D eigenvalue weighted by molar-refractivity contribution is -0.140. The molecule has 2 heterocycles. The van der Waals surface area contributed by atoms with Gasteiger partial charge in [0.15, 0.2) is 0 Å². The lowest BCUT2D eigenvalue weighted by Crippen LogP contribution is -2.29. The van der Waals surface area contributed by atoms with E-state index in [-0.39, 0.29) is 28.5 Å². The molecule has 2 aromatic carbocycles. The number of amides is 1. The second kappa shape index (κ2) is 9.97. The van der Waals surface area contributed by atoms with E-state index in [2.05, 4.69) is 4.98 Å². The number of aromatic nitrogens is 1. The van der Waals surface area contributed by atoms with Crippen molar-refractivity contribution in [1.82, 2.24) is 9.88 Å². The zero-order valence-electron chi connectivity index (χ0n) is 18.7. The summed E-state index contributed by atoms with van der Waals surface area (Å²) >= 11 is 6.37. The number of ketones is 1. The van der Waals surface area contributed by atoms with Gasteiger partial charge >= 0.3 is 0 Å². The normalized spacial score (nSPS) is 17.1. The zero-order valence-corrected chi connectivity index (χ0v) is 19.5. The van der Waals surface area contributed by atoms with Gasteiger partial charge in [-0.1, -0.05) is 29.8 Å². The van der Waals surface area contributed by atoms with Crippen molar-refractivity contribution < 1.29 is 24.2 Å². The van der Waals surface area contributed by atoms with Crippen LogP contribution in [0.25, 0.3) is 5.76 Å². The monoisotopic (exact) mass is 478 g/mol. The van der Waals surface area contributed by atoms with E-state index in [0.29, 0.717) is 23.7 Å². The minimum absolute atomic E-state index is 0.0540. The van der Waals surface area contributed by atoms with Gasteiger partial charge in [0.1, 0.15) is 17.3 Å². The molecule has 1 aliphatic rings. The van der Waals surface area contributed by atoms with Gasteiger partial charge in [0.25, 0.3) is 11.7 Å². The number of Topliss-reactive ketones (excluding diaryl/α,β-unsaturated/α-hetero) is 1. The molecule has 34 heavy (non-hydrogen) atoms. The molecule has 1 unspecified atom stereocenters. The summed E-state index contributed by atoms with van der Waals surface area (Å²) in [5, 5.41) is 11.5. The average molecular weight is 479 g/mol. The number of para-hydroxylation sites is 1. The van der Waals surface area contributed by atoms with Crippen LogP contribution in [-0.2, 0) is 16.1 Å². The van der Waals surface area contributed by atoms with E-state index in [1.807, 2.05) is 25.1 Å². The minimum atomic E-state index is -0.847. The topological polar surface area (TPSA) is 89.0 Å². The van der Waals surface area contributed by atoms with Crippen LogP contribution >= 0.6 is 11.6 Å². The van der Waals surface area contributed by atoms with Crippen LogP contribution < -0.4 is 9.47 Å². The van der Waals surface area contributed by atoms with Gasteiger partial charge in [-0.15, -0.1) is 0 Å². The standard InChI is InChI=1S/C26H23ClN2O5/c1-3-34-18-8-9-20(27)19(14-18)24(30)22-23(16-10-12-28-13-11-16)29(26(32)25(22)31)15-17-6-4-5-7-21(17)33-2/h4-14,23,30H,3,15H2,1-2H3/b24-22+. The lowest BCUT2D eigenvalue weighted by atomic mass is 9.95. The summed E-state index contributed by atoms with van der Waals surface area (Å²) in [5.41, 5.74) is 1.51. The number of pyridine rings is 1. The fourth-order valence-corrected chi connectivity index (χ4v) is 4.25. The summed E-state index contributed by atoms with van der Waals surface area (Å²) in [4.78, 5) is 31.9. The van der Waals surface area contributed by atoms with E-state index in [0.717, 1.165) is 5.56 Å². The predicted molar refractivity (Wildman–Crippen MR) is 128 cm³/mol. The molecule has 1 amide bonds. The quantitative estimate of drug-likeness (QED) is 0.299. The Morgan fingerprint density at radius 1 is 1.12 bits per heavy atom. The molecule has 1 atom stereocenters. The number of ether oxygens (including phenoxy) is 2. The van der Waals surface area contributed by atoms with Gasteiger partial charge in [-0.05, 0) is 48.9 Å². The van der Waals surface area contributed by atoms with E-state index < -0.39 is 17.7 Å². The summed E-state index contributed by atoms with van der Waals surface area (Å²) in [6.45, 7) is 2.36. The Balaban J connectivity index is 1.87. The first kappa shape index (κ1) is 23.3. The van der Waals surface area contributed by atoms with E-state index in [4.69, 9.17) is 21.1 Å². The third kappa shape index (κ3) is 4.34. The maximum atomic E-state index is 13.3. The summed E-state index contributed by atoms with van der Waals surface area (Å²) in [6, 6.07) is 14.6. The van der Waals surface area contributed by atoms with E-state index in [1.165, 1.54) is 4.90 Å². The Kier molecular flexibility index (Phi) is 6.84. The first-order valence-corrected chi connectivity index (χ1v) is 11.1. The van der Waals surface area contributed by atoms with Crippen molar-refractivity contribution in [2.75, 3.05) is 13.7 Å². The SMILES string of the molecule is CCOc1ccc(Cl)c(/C(O)=C2\C(=O)C(=O)N(Cc3ccccc3OC)C2c2ccncc2)c1. The van der Waals surface area contributed by atoms with Gasteiger partial charge in [0.05, 0.1) is 36.9 Å². The van der Waals surface area contributed by atoms with E-state index in [1.54, 1.807) is 55.9 Å². The highest BCUT2D eigenvalue weighted by Crippen LogP contribution is 2.42. The maximum Gasteiger partial charge on any atom is 0.295 e. The summed E-state index contributed by atoms with van der Waals surface area (Å²) in [5.74, 6) is -0.824. The molecule has 1 aliphatic heterocycles. The molecule has 0 spiro atoms. The van der Waals surface area contributed by atoms with Crippen molar-refractivity contribution in [3.05, 3.63) is 94.3 Å². The number of hydrogen-bond acceptors (Lipinski definition) is 6. The molecule has 0 bridgehead atoms. The van der Waals surface area contributed by atoms with Crippen LogP contribution in [0.5, 0.6) is 11.5 Å². The van der Waals surface area contributed by atoms with Crippen LogP contribution in [0.2, 0.25) is 5.02 Å². The molecular weight excluding hydrogens is 456 g/mol. The molecule has 8 heteroatoms. The van der Waals surface area contributed by atoms with Crippen molar-refractivity contribution in [1.29, 1.82) is 0 Å². The number of aliphatic hydroxyl groups is 1. The zero-order chi connectivity index (χ0) is 24.2. The number of rotatable bonds is 7. The van der Waals surface area contributed by atoms with Gasteiger partial charge < -0.3 is 19.5 Å². The number of carbonyl (C=O) groups excluding carboxylic acids is 2. The third-order valence-electron chi connectivity index (χ3n) is 5.60. The molecule has 0 aliphatic carbocycles. The molecule has 3 aromatic rings. The Hall–Kier alpha value is -3.84. The van der Waals surface area contributed by atoms with Gasteiger partial charge in [0, 0.05) is 23.5 Å². The minimum Gasteiger partial charge on any atom is -0.507 e. The molecule has 1 N–H and O–H groups in total. The van der Waals surface area contributed by atoms with Crippen molar-refractivity contribution in [3.8, 4) is 11.5 Å². The Morgan fingerprint density at radius 2 is 1.85 bits per heavy atom.